The zero-order chi connectivity index (χ0) is 19.8. The van der Waals surface area contributed by atoms with E-state index in [1.807, 2.05) is 31.3 Å². The monoisotopic (exact) mass is 388 g/mol. The first-order valence-electron chi connectivity index (χ1n) is 10.1. The van der Waals surface area contributed by atoms with Crippen molar-refractivity contribution in [3.05, 3.63) is 29.8 Å². The summed E-state index contributed by atoms with van der Waals surface area (Å²) < 4.78 is 10.8. The summed E-state index contributed by atoms with van der Waals surface area (Å²) in [5.74, 6) is 2.22. The van der Waals surface area contributed by atoms with Gasteiger partial charge in [-0.1, -0.05) is 12.1 Å². The molecule has 0 spiro atoms. The minimum absolute atomic E-state index is 0.0446. The molecule has 3 rings (SSSR count). The first-order chi connectivity index (χ1) is 13.7. The Morgan fingerprint density at radius 1 is 1.25 bits per heavy atom. The number of hydrogen-bond donors (Lipinski definition) is 2. The number of guanidine groups is 1. The van der Waals surface area contributed by atoms with Crippen molar-refractivity contribution in [1.82, 2.24) is 15.5 Å². The molecule has 1 aromatic rings. The molecule has 2 fully saturated rings. The quantitative estimate of drug-likeness (QED) is 0.494. The molecule has 1 aliphatic heterocycles. The van der Waals surface area contributed by atoms with Gasteiger partial charge in [0.15, 0.2) is 12.6 Å². The number of aliphatic imine (C=N–C) groups is 1. The highest BCUT2D eigenvalue weighted by Gasteiger charge is 2.24. The topological polar surface area (TPSA) is 75.2 Å². The zero-order valence-electron chi connectivity index (χ0n) is 16.9. The summed E-state index contributed by atoms with van der Waals surface area (Å²) in [6, 6.07) is 8.30. The predicted molar refractivity (Wildman–Crippen MR) is 110 cm³/mol. The molecule has 1 atom stereocenters. The van der Waals surface area contributed by atoms with Crippen LogP contribution >= 0.6 is 0 Å². The maximum atomic E-state index is 11.7. The Morgan fingerprint density at radius 3 is 2.71 bits per heavy atom. The number of likely N-dealkylation sites (tertiary alicyclic amines) is 1. The third-order valence-electron chi connectivity index (χ3n) is 5.13. The van der Waals surface area contributed by atoms with Crippen LogP contribution in [0.4, 0.5) is 0 Å². The van der Waals surface area contributed by atoms with Crippen LogP contribution in [0, 0.1) is 5.92 Å². The second kappa shape index (κ2) is 10.3. The number of rotatable bonds is 9. The van der Waals surface area contributed by atoms with Crippen molar-refractivity contribution in [2.24, 2.45) is 10.9 Å². The molecule has 2 aliphatic rings. The van der Waals surface area contributed by atoms with Gasteiger partial charge in [0.1, 0.15) is 5.75 Å². The number of hydrogen-bond acceptors (Lipinski definition) is 4. The summed E-state index contributed by atoms with van der Waals surface area (Å²) in [5, 5.41) is 6.37. The lowest BCUT2D eigenvalue weighted by atomic mass is 10.1. The van der Waals surface area contributed by atoms with Gasteiger partial charge in [-0.25, -0.2) is 0 Å². The highest BCUT2D eigenvalue weighted by molar-refractivity contribution is 5.80. The van der Waals surface area contributed by atoms with Gasteiger partial charge < -0.3 is 25.0 Å². The molecule has 1 aliphatic carbocycles. The number of nitrogens with zero attached hydrogens (tertiary/aromatic N) is 2. The van der Waals surface area contributed by atoms with E-state index in [1.165, 1.54) is 5.56 Å². The van der Waals surface area contributed by atoms with Crippen molar-refractivity contribution in [2.75, 3.05) is 47.0 Å². The van der Waals surface area contributed by atoms with Crippen LogP contribution in [0.3, 0.4) is 0 Å². The molecule has 154 valence electrons. The fourth-order valence-electron chi connectivity index (χ4n) is 3.45. The number of carbonyl (C=O) groups excluding carboxylic acids is 1. The first-order valence-corrected chi connectivity index (χ1v) is 10.1. The highest BCUT2D eigenvalue weighted by Crippen LogP contribution is 2.19. The fraction of sp³-hybridized carbons (Fsp3) is 0.619. The minimum atomic E-state index is -0.0446. The third-order valence-corrected chi connectivity index (χ3v) is 5.13. The predicted octanol–water partition coefficient (Wildman–Crippen LogP) is 1.43. The number of ether oxygens (including phenoxy) is 2. The Hall–Kier alpha value is -2.28. The molecule has 1 saturated carbocycles. The largest absolute Gasteiger partial charge is 0.484 e. The van der Waals surface area contributed by atoms with Gasteiger partial charge in [-0.05, 0) is 43.4 Å². The summed E-state index contributed by atoms with van der Waals surface area (Å²) in [6.07, 6.45) is 4.22. The van der Waals surface area contributed by atoms with E-state index in [2.05, 4.69) is 20.5 Å². The van der Waals surface area contributed by atoms with Crippen molar-refractivity contribution >= 4 is 11.9 Å². The Kier molecular flexibility index (Phi) is 7.54. The van der Waals surface area contributed by atoms with E-state index in [9.17, 15) is 4.79 Å². The first kappa shape index (κ1) is 20.5. The van der Waals surface area contributed by atoms with Gasteiger partial charge in [0.2, 0.25) is 0 Å². The van der Waals surface area contributed by atoms with Gasteiger partial charge in [-0.3, -0.25) is 9.79 Å². The molecule has 7 heteroatoms. The van der Waals surface area contributed by atoms with Gasteiger partial charge in [0.05, 0.1) is 6.61 Å². The molecule has 1 unspecified atom stereocenters. The van der Waals surface area contributed by atoms with Gasteiger partial charge in [0, 0.05) is 45.8 Å². The van der Waals surface area contributed by atoms with Crippen LogP contribution in [0.2, 0.25) is 0 Å². The number of methoxy groups -OCH3 is 1. The summed E-state index contributed by atoms with van der Waals surface area (Å²) >= 11 is 0. The second-order valence-corrected chi connectivity index (χ2v) is 7.55. The van der Waals surface area contributed by atoms with Gasteiger partial charge in [-0.2, -0.15) is 0 Å². The lowest BCUT2D eigenvalue weighted by Crippen LogP contribution is -2.41. The Morgan fingerprint density at radius 2 is 2.04 bits per heavy atom. The molecule has 1 saturated heterocycles. The zero-order valence-corrected chi connectivity index (χ0v) is 16.9. The summed E-state index contributed by atoms with van der Waals surface area (Å²) in [5.41, 5.74) is 1.22. The van der Waals surface area contributed by atoms with Crippen LogP contribution in [-0.4, -0.2) is 69.8 Å². The number of carbonyl (C=O) groups is 1. The van der Waals surface area contributed by atoms with E-state index >= 15 is 0 Å². The summed E-state index contributed by atoms with van der Waals surface area (Å²) in [7, 11) is 3.59. The average Bonchev–Trinajstić information content (AvgIpc) is 3.40. The fourth-order valence-corrected chi connectivity index (χ4v) is 3.45. The maximum Gasteiger partial charge on any atom is 0.258 e. The summed E-state index contributed by atoms with van der Waals surface area (Å²) in [4.78, 5) is 18.4. The van der Waals surface area contributed by atoms with Gasteiger partial charge in [-0.15, -0.1) is 0 Å². The SMILES string of the molecule is CN=C(NCCc1ccc(OCC(=O)NC2CC2)cc1)N1CCC(COC)C1. The van der Waals surface area contributed by atoms with Gasteiger partial charge in [0.25, 0.3) is 5.91 Å². The molecule has 0 aromatic heterocycles. The molecule has 1 amide bonds. The maximum absolute atomic E-state index is 11.7. The van der Waals surface area contributed by atoms with Crippen LogP contribution < -0.4 is 15.4 Å². The average molecular weight is 389 g/mol. The number of nitrogens with one attached hydrogen (secondary N) is 2. The lowest BCUT2D eigenvalue weighted by Gasteiger charge is -2.21. The smallest absolute Gasteiger partial charge is 0.258 e. The van der Waals surface area contributed by atoms with Crippen LogP contribution in [0.1, 0.15) is 24.8 Å². The molecule has 0 bridgehead atoms. The van der Waals surface area contributed by atoms with Crippen LogP contribution in [0.25, 0.3) is 0 Å². The van der Waals surface area contributed by atoms with Crippen molar-refractivity contribution in [3.8, 4) is 5.75 Å². The van der Waals surface area contributed by atoms with Crippen LogP contribution in [0.5, 0.6) is 5.75 Å². The summed E-state index contributed by atoms with van der Waals surface area (Å²) in [6.45, 7) is 3.72. The van der Waals surface area contributed by atoms with Crippen molar-refractivity contribution in [3.63, 3.8) is 0 Å². The van der Waals surface area contributed by atoms with Crippen LogP contribution in [0.15, 0.2) is 29.3 Å². The highest BCUT2D eigenvalue weighted by atomic mass is 16.5. The van der Waals surface area contributed by atoms with E-state index < -0.39 is 0 Å². The van der Waals surface area contributed by atoms with Crippen molar-refractivity contribution in [1.29, 1.82) is 0 Å². The van der Waals surface area contributed by atoms with Crippen molar-refractivity contribution < 1.29 is 14.3 Å². The standard InChI is InChI=1S/C21H32N4O3/c1-22-21(25-12-10-17(13-25)14-27-2)23-11-9-16-3-7-19(8-4-16)28-15-20(26)24-18-5-6-18/h3-4,7-8,17-18H,5-6,9-15H2,1-2H3,(H,22,23)(H,24,26). The number of amides is 1. The number of benzene rings is 1. The third kappa shape index (κ3) is 6.41. The normalized spacial score (nSPS) is 19.6. The Balaban J connectivity index is 1.36. The minimum Gasteiger partial charge on any atom is -0.484 e. The van der Waals surface area contributed by atoms with Crippen LogP contribution in [-0.2, 0) is 16.0 Å². The van der Waals surface area contributed by atoms with E-state index in [0.29, 0.717) is 12.0 Å². The molecule has 7 nitrogen and oxygen atoms in total. The molecule has 1 aromatic carbocycles. The molecule has 28 heavy (non-hydrogen) atoms. The van der Waals surface area contributed by atoms with E-state index in [4.69, 9.17) is 9.47 Å². The van der Waals surface area contributed by atoms with Crippen molar-refractivity contribution in [2.45, 2.75) is 31.7 Å². The molecule has 2 N–H and O–H groups in total. The van der Waals surface area contributed by atoms with E-state index in [1.54, 1.807) is 7.11 Å². The second-order valence-electron chi connectivity index (χ2n) is 7.55. The Bertz CT molecular complexity index is 658. The molecular weight excluding hydrogens is 356 g/mol. The molecule has 1 heterocycles. The lowest BCUT2D eigenvalue weighted by molar-refractivity contribution is -0.123. The molecule has 0 radical (unpaired) electrons. The Labute approximate surface area is 167 Å². The van der Waals surface area contributed by atoms with E-state index in [0.717, 1.165) is 63.6 Å². The van der Waals surface area contributed by atoms with E-state index in [-0.39, 0.29) is 12.5 Å². The molecular formula is C21H32N4O3. The van der Waals surface area contributed by atoms with Gasteiger partial charge >= 0.3 is 0 Å².